The molecule has 3 aliphatic rings. The van der Waals surface area contributed by atoms with Gasteiger partial charge >= 0.3 is 0 Å². The standard InChI is InChI=1S/C13H22N2O3/c16-12(15-4-6-17-7-5-15)11-8-13(10-18-11)2-1-3-14-9-13/h11,14H,1-10H2/t11-,13+/m1/s1. The lowest BCUT2D eigenvalue weighted by Gasteiger charge is -2.33. The molecule has 1 spiro atoms. The Bertz CT molecular complexity index is 309. The van der Waals surface area contributed by atoms with Crippen LogP contribution in [0, 0.1) is 5.41 Å². The minimum Gasteiger partial charge on any atom is -0.378 e. The molecule has 0 aromatic heterocycles. The molecule has 102 valence electrons. The van der Waals surface area contributed by atoms with Gasteiger partial charge in [-0.15, -0.1) is 0 Å². The second-order valence-electron chi connectivity index (χ2n) is 5.72. The lowest BCUT2D eigenvalue weighted by atomic mass is 9.79. The fourth-order valence-electron chi connectivity index (χ4n) is 3.26. The van der Waals surface area contributed by atoms with Crippen LogP contribution in [0.3, 0.4) is 0 Å². The topological polar surface area (TPSA) is 50.8 Å². The molecule has 3 saturated heterocycles. The third kappa shape index (κ3) is 2.39. The predicted octanol–water partition coefficient (Wildman–Crippen LogP) is 0.00390. The van der Waals surface area contributed by atoms with Crippen LogP contribution in [0.4, 0.5) is 0 Å². The van der Waals surface area contributed by atoms with Gasteiger partial charge < -0.3 is 19.7 Å². The summed E-state index contributed by atoms with van der Waals surface area (Å²) in [6, 6.07) is 0. The molecule has 0 radical (unpaired) electrons. The smallest absolute Gasteiger partial charge is 0.251 e. The van der Waals surface area contributed by atoms with E-state index in [2.05, 4.69) is 5.32 Å². The molecule has 3 heterocycles. The maximum absolute atomic E-state index is 12.4. The minimum atomic E-state index is -0.219. The second-order valence-corrected chi connectivity index (χ2v) is 5.72. The summed E-state index contributed by atoms with van der Waals surface area (Å²) in [6.07, 6.45) is 3.05. The van der Waals surface area contributed by atoms with E-state index < -0.39 is 0 Å². The van der Waals surface area contributed by atoms with Crippen molar-refractivity contribution < 1.29 is 14.3 Å². The number of rotatable bonds is 1. The lowest BCUT2D eigenvalue weighted by molar-refractivity contribution is -0.144. The summed E-state index contributed by atoms with van der Waals surface area (Å²) >= 11 is 0. The van der Waals surface area contributed by atoms with E-state index in [-0.39, 0.29) is 17.4 Å². The molecule has 0 saturated carbocycles. The van der Waals surface area contributed by atoms with Crippen molar-refractivity contribution in [3.63, 3.8) is 0 Å². The van der Waals surface area contributed by atoms with Gasteiger partial charge in [-0.25, -0.2) is 0 Å². The van der Waals surface area contributed by atoms with Crippen molar-refractivity contribution >= 4 is 5.91 Å². The fourth-order valence-corrected chi connectivity index (χ4v) is 3.26. The van der Waals surface area contributed by atoms with Crippen molar-refractivity contribution in [2.75, 3.05) is 46.0 Å². The van der Waals surface area contributed by atoms with Crippen LogP contribution in [-0.2, 0) is 14.3 Å². The minimum absolute atomic E-state index is 0.167. The number of amides is 1. The number of nitrogens with one attached hydrogen (secondary N) is 1. The SMILES string of the molecule is O=C([C@H]1C[C@]2(CCCNC2)CO1)N1CCOCC1. The predicted molar refractivity (Wildman–Crippen MR) is 66.3 cm³/mol. The van der Waals surface area contributed by atoms with Crippen LogP contribution < -0.4 is 5.32 Å². The molecule has 0 aliphatic carbocycles. The molecule has 3 fully saturated rings. The number of carbonyl (C=O) groups excluding carboxylic acids is 1. The number of nitrogens with zero attached hydrogens (tertiary/aromatic N) is 1. The zero-order valence-electron chi connectivity index (χ0n) is 10.8. The number of piperidine rings is 1. The van der Waals surface area contributed by atoms with Gasteiger partial charge in [-0.05, 0) is 25.8 Å². The first-order valence-electron chi connectivity index (χ1n) is 6.98. The van der Waals surface area contributed by atoms with Gasteiger partial charge in [0.15, 0.2) is 0 Å². The highest BCUT2D eigenvalue weighted by atomic mass is 16.5. The summed E-state index contributed by atoms with van der Waals surface area (Å²) in [5, 5.41) is 3.43. The van der Waals surface area contributed by atoms with Crippen molar-refractivity contribution in [1.29, 1.82) is 0 Å². The zero-order chi connectivity index (χ0) is 12.4. The molecule has 3 aliphatic heterocycles. The molecule has 0 aromatic rings. The summed E-state index contributed by atoms with van der Waals surface area (Å²) in [4.78, 5) is 14.2. The van der Waals surface area contributed by atoms with Gasteiger partial charge in [0.05, 0.1) is 19.8 Å². The van der Waals surface area contributed by atoms with Crippen LogP contribution in [0.1, 0.15) is 19.3 Å². The van der Waals surface area contributed by atoms with Crippen LogP contribution in [-0.4, -0.2) is 62.9 Å². The monoisotopic (exact) mass is 254 g/mol. The second kappa shape index (κ2) is 5.15. The van der Waals surface area contributed by atoms with E-state index in [1.165, 1.54) is 12.8 Å². The first-order valence-corrected chi connectivity index (χ1v) is 6.98. The normalized spacial score (nSPS) is 37.1. The number of hydrogen-bond acceptors (Lipinski definition) is 4. The van der Waals surface area contributed by atoms with E-state index in [1.807, 2.05) is 4.90 Å². The first kappa shape index (κ1) is 12.4. The highest BCUT2D eigenvalue weighted by Gasteiger charge is 2.44. The Morgan fingerprint density at radius 1 is 1.33 bits per heavy atom. The van der Waals surface area contributed by atoms with Crippen molar-refractivity contribution in [1.82, 2.24) is 10.2 Å². The molecule has 3 rings (SSSR count). The van der Waals surface area contributed by atoms with Gasteiger partial charge in [-0.2, -0.15) is 0 Å². The molecule has 0 unspecified atom stereocenters. The number of morpholine rings is 1. The van der Waals surface area contributed by atoms with E-state index in [0.717, 1.165) is 26.1 Å². The third-order valence-electron chi connectivity index (χ3n) is 4.37. The van der Waals surface area contributed by atoms with Crippen molar-refractivity contribution in [3.8, 4) is 0 Å². The lowest BCUT2D eigenvalue weighted by Crippen LogP contribution is -2.46. The molecule has 1 N–H and O–H groups in total. The third-order valence-corrected chi connectivity index (χ3v) is 4.37. The molecule has 5 heteroatoms. The van der Waals surface area contributed by atoms with Gasteiger partial charge in [0.1, 0.15) is 6.10 Å². The average Bonchev–Trinajstić information content (AvgIpc) is 2.83. The van der Waals surface area contributed by atoms with Crippen molar-refractivity contribution in [2.45, 2.75) is 25.4 Å². The van der Waals surface area contributed by atoms with Gasteiger partial charge in [-0.3, -0.25) is 4.79 Å². The largest absolute Gasteiger partial charge is 0.378 e. The van der Waals surface area contributed by atoms with Crippen LogP contribution in [0.5, 0.6) is 0 Å². The fraction of sp³-hybridized carbons (Fsp3) is 0.923. The molecule has 5 nitrogen and oxygen atoms in total. The average molecular weight is 254 g/mol. The van der Waals surface area contributed by atoms with E-state index >= 15 is 0 Å². The van der Waals surface area contributed by atoms with Crippen LogP contribution in [0.2, 0.25) is 0 Å². The van der Waals surface area contributed by atoms with E-state index in [4.69, 9.17) is 9.47 Å². The summed E-state index contributed by atoms with van der Waals surface area (Å²) in [7, 11) is 0. The van der Waals surface area contributed by atoms with Gasteiger partial charge in [0, 0.05) is 25.0 Å². The van der Waals surface area contributed by atoms with Crippen molar-refractivity contribution in [3.05, 3.63) is 0 Å². The first-order chi connectivity index (χ1) is 8.79. The Morgan fingerprint density at radius 2 is 2.17 bits per heavy atom. The molecule has 0 aromatic carbocycles. The maximum Gasteiger partial charge on any atom is 0.251 e. The van der Waals surface area contributed by atoms with E-state index in [9.17, 15) is 4.79 Å². The van der Waals surface area contributed by atoms with Gasteiger partial charge in [0.25, 0.3) is 5.91 Å². The quantitative estimate of drug-likeness (QED) is 0.716. The van der Waals surface area contributed by atoms with Gasteiger partial charge in [0.2, 0.25) is 0 Å². The summed E-state index contributed by atoms with van der Waals surface area (Å²) < 4.78 is 11.1. The number of ether oxygens (including phenoxy) is 2. The zero-order valence-corrected chi connectivity index (χ0v) is 10.8. The Morgan fingerprint density at radius 3 is 2.89 bits per heavy atom. The summed E-state index contributed by atoms with van der Waals surface area (Å²) in [5.41, 5.74) is 0.213. The van der Waals surface area contributed by atoms with Crippen molar-refractivity contribution in [2.24, 2.45) is 5.41 Å². The molecule has 1 amide bonds. The van der Waals surface area contributed by atoms with Crippen LogP contribution >= 0.6 is 0 Å². The van der Waals surface area contributed by atoms with Gasteiger partial charge in [-0.1, -0.05) is 0 Å². The molecule has 0 bridgehead atoms. The highest BCUT2D eigenvalue weighted by molar-refractivity contribution is 5.81. The molecule has 2 atom stereocenters. The van der Waals surface area contributed by atoms with E-state index in [0.29, 0.717) is 26.3 Å². The molecular formula is C13H22N2O3. The highest BCUT2D eigenvalue weighted by Crippen LogP contribution is 2.38. The summed E-state index contributed by atoms with van der Waals surface area (Å²) in [6.45, 7) is 5.58. The Balaban J connectivity index is 1.59. The molecule has 18 heavy (non-hydrogen) atoms. The summed E-state index contributed by atoms with van der Waals surface area (Å²) in [5.74, 6) is 0.167. The number of hydrogen-bond donors (Lipinski definition) is 1. The maximum atomic E-state index is 12.4. The Labute approximate surface area is 108 Å². The Kier molecular flexibility index (Phi) is 3.54. The van der Waals surface area contributed by atoms with Crippen LogP contribution in [0.25, 0.3) is 0 Å². The Hall–Kier alpha value is -0.650. The molecular weight excluding hydrogens is 232 g/mol. The van der Waals surface area contributed by atoms with Crippen LogP contribution in [0.15, 0.2) is 0 Å². The van der Waals surface area contributed by atoms with E-state index in [1.54, 1.807) is 0 Å². The number of carbonyl (C=O) groups is 1.